The lowest BCUT2D eigenvalue weighted by molar-refractivity contribution is 0.100. The van der Waals surface area contributed by atoms with E-state index in [2.05, 4.69) is 4.90 Å². The Morgan fingerprint density at radius 1 is 1.10 bits per heavy atom. The minimum Gasteiger partial charge on any atom is -0.399 e. The zero-order valence-corrected chi connectivity index (χ0v) is 11.5. The van der Waals surface area contributed by atoms with E-state index in [1.165, 1.54) is 11.1 Å². The number of nitrogens with two attached hydrogens (primary N) is 2. The molecule has 0 atom stereocenters. The summed E-state index contributed by atoms with van der Waals surface area (Å²) < 4.78 is 0. The van der Waals surface area contributed by atoms with Crippen LogP contribution in [0.2, 0.25) is 5.02 Å². The summed E-state index contributed by atoms with van der Waals surface area (Å²) in [6.07, 6.45) is 0. The molecule has 2 aromatic rings. The van der Waals surface area contributed by atoms with Gasteiger partial charge in [0.25, 0.3) is 5.91 Å². The van der Waals surface area contributed by atoms with Crippen LogP contribution < -0.4 is 16.4 Å². The van der Waals surface area contributed by atoms with Gasteiger partial charge in [-0.05, 0) is 41.5 Å². The summed E-state index contributed by atoms with van der Waals surface area (Å²) in [5, 5.41) is 0.503. The monoisotopic (exact) mass is 287 g/mol. The van der Waals surface area contributed by atoms with Crippen molar-refractivity contribution >= 4 is 28.9 Å². The van der Waals surface area contributed by atoms with Crippen LogP contribution in [0.1, 0.15) is 21.5 Å². The van der Waals surface area contributed by atoms with Gasteiger partial charge < -0.3 is 16.4 Å². The quantitative estimate of drug-likeness (QED) is 0.834. The molecule has 102 valence electrons. The van der Waals surface area contributed by atoms with Crippen molar-refractivity contribution in [1.29, 1.82) is 0 Å². The molecule has 5 heteroatoms. The molecule has 0 saturated carbocycles. The van der Waals surface area contributed by atoms with Crippen LogP contribution in [-0.2, 0) is 13.1 Å². The van der Waals surface area contributed by atoms with E-state index in [0.29, 0.717) is 17.1 Å². The number of hydrogen-bond donors (Lipinski definition) is 2. The fourth-order valence-corrected chi connectivity index (χ4v) is 2.74. The van der Waals surface area contributed by atoms with Crippen LogP contribution in [0.4, 0.5) is 11.4 Å². The molecular weight excluding hydrogens is 274 g/mol. The lowest BCUT2D eigenvalue weighted by atomic mass is 10.1. The predicted molar refractivity (Wildman–Crippen MR) is 80.7 cm³/mol. The van der Waals surface area contributed by atoms with Gasteiger partial charge in [-0.2, -0.15) is 0 Å². The fraction of sp³-hybridized carbons (Fsp3) is 0.133. The molecule has 0 radical (unpaired) electrons. The van der Waals surface area contributed by atoms with Crippen LogP contribution in [0.15, 0.2) is 36.4 Å². The molecule has 0 aliphatic carbocycles. The number of amides is 1. The maximum atomic E-state index is 11.6. The number of fused-ring (bicyclic) bond motifs is 1. The SMILES string of the molecule is NC(=O)c1cc(Cl)ccc1N1Cc2ccc(N)cc2C1. The van der Waals surface area contributed by atoms with E-state index in [-0.39, 0.29) is 0 Å². The first-order valence-corrected chi connectivity index (χ1v) is 6.64. The van der Waals surface area contributed by atoms with Gasteiger partial charge in [0.15, 0.2) is 0 Å². The van der Waals surface area contributed by atoms with Crippen molar-refractivity contribution in [1.82, 2.24) is 0 Å². The number of nitrogens with zero attached hydrogens (tertiary/aromatic N) is 1. The predicted octanol–water partition coefficient (Wildman–Crippen LogP) is 2.54. The first-order valence-electron chi connectivity index (χ1n) is 6.26. The summed E-state index contributed by atoms with van der Waals surface area (Å²) in [4.78, 5) is 13.7. The molecule has 20 heavy (non-hydrogen) atoms. The third-order valence-corrected chi connectivity index (χ3v) is 3.75. The average Bonchev–Trinajstić information content (AvgIpc) is 2.81. The first-order chi connectivity index (χ1) is 9.54. The Morgan fingerprint density at radius 3 is 2.60 bits per heavy atom. The Bertz CT molecular complexity index is 700. The molecule has 0 fully saturated rings. The second kappa shape index (κ2) is 4.72. The van der Waals surface area contributed by atoms with E-state index in [0.717, 1.165) is 17.9 Å². The third kappa shape index (κ3) is 2.18. The fourth-order valence-electron chi connectivity index (χ4n) is 2.57. The van der Waals surface area contributed by atoms with Gasteiger partial charge in [-0.25, -0.2) is 0 Å². The Morgan fingerprint density at radius 2 is 1.85 bits per heavy atom. The molecule has 4 nitrogen and oxygen atoms in total. The molecule has 2 aromatic carbocycles. The van der Waals surface area contributed by atoms with Crippen molar-refractivity contribution in [3.63, 3.8) is 0 Å². The summed E-state index contributed by atoms with van der Waals surface area (Å²) in [7, 11) is 0. The molecule has 0 unspecified atom stereocenters. The van der Waals surface area contributed by atoms with Crippen LogP contribution in [0.5, 0.6) is 0 Å². The molecule has 3 rings (SSSR count). The van der Waals surface area contributed by atoms with Gasteiger partial charge in [0.05, 0.1) is 11.3 Å². The molecular formula is C15H14ClN3O. The van der Waals surface area contributed by atoms with Gasteiger partial charge in [-0.3, -0.25) is 4.79 Å². The minimum absolute atomic E-state index is 0.443. The number of hydrogen-bond acceptors (Lipinski definition) is 3. The first kappa shape index (κ1) is 12.8. The van der Waals surface area contributed by atoms with Crippen molar-refractivity contribution in [3.05, 3.63) is 58.1 Å². The Labute approximate surface area is 121 Å². The standard InChI is InChI=1S/C15H14ClN3O/c16-11-2-4-14(13(6-11)15(18)20)19-7-9-1-3-12(17)5-10(9)8-19/h1-6H,7-8,17H2,(H2,18,20). The molecule has 1 heterocycles. The molecule has 1 aliphatic heterocycles. The van der Waals surface area contributed by atoms with Gasteiger partial charge in [0.1, 0.15) is 0 Å². The number of nitrogen functional groups attached to an aromatic ring is 1. The molecule has 0 spiro atoms. The van der Waals surface area contributed by atoms with Crippen molar-refractivity contribution in [3.8, 4) is 0 Å². The second-order valence-corrected chi connectivity index (χ2v) is 5.35. The van der Waals surface area contributed by atoms with Crippen LogP contribution in [-0.4, -0.2) is 5.91 Å². The van der Waals surface area contributed by atoms with Gasteiger partial charge in [0, 0.05) is 23.8 Å². The molecule has 4 N–H and O–H groups in total. The number of primary amides is 1. The average molecular weight is 288 g/mol. The van der Waals surface area contributed by atoms with Gasteiger partial charge in [-0.15, -0.1) is 0 Å². The maximum absolute atomic E-state index is 11.6. The van der Waals surface area contributed by atoms with Crippen LogP contribution in [0, 0.1) is 0 Å². The largest absolute Gasteiger partial charge is 0.399 e. The van der Waals surface area contributed by atoms with Gasteiger partial charge in [0.2, 0.25) is 0 Å². The van der Waals surface area contributed by atoms with Crippen LogP contribution >= 0.6 is 11.6 Å². The van der Waals surface area contributed by atoms with Crippen molar-refractivity contribution < 1.29 is 4.79 Å². The lowest BCUT2D eigenvalue weighted by Crippen LogP contribution is -2.21. The van der Waals surface area contributed by atoms with E-state index in [1.54, 1.807) is 12.1 Å². The molecule has 1 aliphatic rings. The van der Waals surface area contributed by atoms with E-state index in [1.807, 2.05) is 24.3 Å². The summed E-state index contributed by atoms with van der Waals surface area (Å²) in [5.74, 6) is -0.474. The lowest BCUT2D eigenvalue weighted by Gasteiger charge is -2.20. The zero-order valence-electron chi connectivity index (χ0n) is 10.8. The highest BCUT2D eigenvalue weighted by Gasteiger charge is 2.22. The number of rotatable bonds is 2. The molecule has 0 aromatic heterocycles. The van der Waals surface area contributed by atoms with Crippen LogP contribution in [0.3, 0.4) is 0 Å². The topological polar surface area (TPSA) is 72.4 Å². The van der Waals surface area contributed by atoms with E-state index >= 15 is 0 Å². The van der Waals surface area contributed by atoms with E-state index in [9.17, 15) is 4.79 Å². The van der Waals surface area contributed by atoms with Crippen molar-refractivity contribution in [2.75, 3.05) is 10.6 Å². The molecule has 0 saturated heterocycles. The number of halogens is 1. The normalized spacial score (nSPS) is 13.3. The maximum Gasteiger partial charge on any atom is 0.250 e. The van der Waals surface area contributed by atoms with Gasteiger partial charge >= 0.3 is 0 Å². The Hall–Kier alpha value is -2.20. The summed E-state index contributed by atoms with van der Waals surface area (Å²) in [5.41, 5.74) is 15.6. The smallest absolute Gasteiger partial charge is 0.250 e. The summed E-state index contributed by atoms with van der Waals surface area (Å²) >= 11 is 5.93. The number of carbonyl (C=O) groups excluding carboxylic acids is 1. The Balaban J connectivity index is 1.99. The summed E-state index contributed by atoms with van der Waals surface area (Å²) in [6, 6.07) is 11.1. The zero-order chi connectivity index (χ0) is 14.3. The van der Waals surface area contributed by atoms with E-state index < -0.39 is 5.91 Å². The number of carbonyl (C=O) groups is 1. The summed E-state index contributed by atoms with van der Waals surface area (Å²) in [6.45, 7) is 1.44. The van der Waals surface area contributed by atoms with Crippen LogP contribution in [0.25, 0.3) is 0 Å². The molecule has 0 bridgehead atoms. The molecule has 1 amide bonds. The second-order valence-electron chi connectivity index (χ2n) is 4.91. The van der Waals surface area contributed by atoms with Crippen molar-refractivity contribution in [2.45, 2.75) is 13.1 Å². The highest BCUT2D eigenvalue weighted by molar-refractivity contribution is 6.31. The Kier molecular flexibility index (Phi) is 3.03. The van der Waals surface area contributed by atoms with Gasteiger partial charge in [-0.1, -0.05) is 17.7 Å². The highest BCUT2D eigenvalue weighted by atomic mass is 35.5. The van der Waals surface area contributed by atoms with Crippen molar-refractivity contribution in [2.24, 2.45) is 5.73 Å². The number of benzene rings is 2. The highest BCUT2D eigenvalue weighted by Crippen LogP contribution is 2.32. The van der Waals surface area contributed by atoms with E-state index in [4.69, 9.17) is 23.1 Å². The minimum atomic E-state index is -0.474. The third-order valence-electron chi connectivity index (χ3n) is 3.52. The number of anilines is 2.